The number of nitro benzene ring substituents is 1. The van der Waals surface area contributed by atoms with E-state index < -0.39 is 22.1 Å². The Morgan fingerprint density at radius 3 is 2.67 bits per heavy atom. The Hall–Kier alpha value is -2.70. The van der Waals surface area contributed by atoms with Crippen LogP contribution in [-0.2, 0) is 0 Å². The van der Waals surface area contributed by atoms with Crippen molar-refractivity contribution in [1.82, 2.24) is 0 Å². The van der Waals surface area contributed by atoms with Crippen LogP contribution in [0.3, 0.4) is 0 Å². The second-order valence-electron chi connectivity index (χ2n) is 3.62. The largest absolute Gasteiger partial charge is 0.475 e. The topological polar surface area (TPSA) is 111 Å². The van der Waals surface area contributed by atoms with Gasteiger partial charge in [-0.05, 0) is 13.0 Å². The highest BCUT2D eigenvalue weighted by Crippen LogP contribution is 2.25. The van der Waals surface area contributed by atoms with Crippen molar-refractivity contribution >= 4 is 22.6 Å². The third-order valence-electron chi connectivity index (χ3n) is 2.52. The van der Waals surface area contributed by atoms with Gasteiger partial charge in [0.1, 0.15) is 5.58 Å². The Morgan fingerprint density at radius 2 is 2.11 bits per heavy atom. The lowest BCUT2D eigenvalue weighted by molar-refractivity contribution is -0.385. The van der Waals surface area contributed by atoms with Gasteiger partial charge in [-0.3, -0.25) is 14.9 Å². The molecule has 0 aliphatic heterocycles. The second kappa shape index (κ2) is 3.95. The zero-order valence-corrected chi connectivity index (χ0v) is 9.17. The molecule has 1 N–H and O–H groups in total. The van der Waals surface area contributed by atoms with E-state index in [1.165, 1.54) is 19.1 Å². The van der Waals surface area contributed by atoms with E-state index in [-0.39, 0.29) is 22.2 Å². The number of hydrogen-bond acceptors (Lipinski definition) is 5. The van der Waals surface area contributed by atoms with E-state index in [0.29, 0.717) is 0 Å². The van der Waals surface area contributed by atoms with Crippen molar-refractivity contribution in [3.63, 3.8) is 0 Å². The van der Waals surface area contributed by atoms with Crippen LogP contribution >= 0.6 is 0 Å². The normalized spacial score (nSPS) is 10.5. The van der Waals surface area contributed by atoms with Crippen LogP contribution in [0, 0.1) is 17.0 Å². The van der Waals surface area contributed by atoms with Crippen molar-refractivity contribution in [1.29, 1.82) is 0 Å². The molecule has 0 fully saturated rings. The Bertz CT molecular complexity index is 730. The summed E-state index contributed by atoms with van der Waals surface area (Å²) >= 11 is 0. The Labute approximate surface area is 99.4 Å². The summed E-state index contributed by atoms with van der Waals surface area (Å²) in [6, 6.07) is 3.28. The Kier molecular flexibility index (Phi) is 2.59. The fourth-order valence-electron chi connectivity index (χ4n) is 1.65. The summed E-state index contributed by atoms with van der Waals surface area (Å²) in [5.41, 5.74) is -0.730. The molecule has 0 aliphatic rings. The average Bonchev–Trinajstić information content (AvgIpc) is 2.29. The standard InChI is InChI=1S/C11H7NO6/c1-5-7(12(16)17)3-2-6-8(13)4-9(11(14)15)18-10(5)6/h2-4H,1H3,(H,14,15). The molecule has 0 saturated carbocycles. The molecule has 0 aliphatic carbocycles. The molecule has 0 unspecified atom stereocenters. The first-order valence-electron chi connectivity index (χ1n) is 4.87. The number of rotatable bonds is 2. The monoisotopic (exact) mass is 249 g/mol. The molecule has 0 atom stereocenters. The lowest BCUT2D eigenvalue weighted by Gasteiger charge is -2.02. The summed E-state index contributed by atoms with van der Waals surface area (Å²) in [5, 5.41) is 19.6. The predicted octanol–water partition coefficient (Wildman–Crippen LogP) is 1.71. The molecular formula is C11H7NO6. The van der Waals surface area contributed by atoms with Crippen LogP contribution in [0.4, 0.5) is 5.69 Å². The number of nitrogens with zero attached hydrogens (tertiary/aromatic N) is 1. The summed E-state index contributed by atoms with van der Waals surface area (Å²) in [6.45, 7) is 1.40. The first-order chi connectivity index (χ1) is 8.41. The highest BCUT2D eigenvalue weighted by atomic mass is 16.6. The minimum absolute atomic E-state index is 0.0749. The van der Waals surface area contributed by atoms with Gasteiger partial charge in [-0.15, -0.1) is 0 Å². The van der Waals surface area contributed by atoms with Gasteiger partial charge in [0.2, 0.25) is 5.76 Å². The van der Waals surface area contributed by atoms with Gasteiger partial charge in [-0.1, -0.05) is 0 Å². The number of carboxylic acid groups (broad SMARTS) is 1. The molecule has 0 bridgehead atoms. The third-order valence-corrected chi connectivity index (χ3v) is 2.52. The second-order valence-corrected chi connectivity index (χ2v) is 3.62. The number of carboxylic acids is 1. The predicted molar refractivity (Wildman–Crippen MR) is 60.8 cm³/mol. The van der Waals surface area contributed by atoms with Gasteiger partial charge in [0.05, 0.1) is 15.9 Å². The summed E-state index contributed by atoms with van der Waals surface area (Å²) in [7, 11) is 0. The van der Waals surface area contributed by atoms with E-state index in [4.69, 9.17) is 9.52 Å². The minimum atomic E-state index is -1.40. The maximum absolute atomic E-state index is 11.6. The molecular weight excluding hydrogens is 242 g/mol. The van der Waals surface area contributed by atoms with Crippen LogP contribution < -0.4 is 5.43 Å². The van der Waals surface area contributed by atoms with Gasteiger partial charge in [0.25, 0.3) is 5.69 Å². The van der Waals surface area contributed by atoms with Gasteiger partial charge < -0.3 is 9.52 Å². The molecule has 0 spiro atoms. The van der Waals surface area contributed by atoms with Gasteiger partial charge in [0, 0.05) is 12.1 Å². The first-order valence-corrected chi connectivity index (χ1v) is 4.87. The van der Waals surface area contributed by atoms with Gasteiger partial charge >= 0.3 is 5.97 Å². The van der Waals surface area contributed by atoms with E-state index in [2.05, 4.69) is 0 Å². The number of benzene rings is 1. The van der Waals surface area contributed by atoms with E-state index in [1.807, 2.05) is 0 Å². The molecule has 18 heavy (non-hydrogen) atoms. The van der Waals surface area contributed by atoms with Crippen molar-refractivity contribution in [3.05, 3.63) is 49.9 Å². The van der Waals surface area contributed by atoms with Crippen molar-refractivity contribution in [3.8, 4) is 0 Å². The van der Waals surface area contributed by atoms with E-state index in [0.717, 1.165) is 6.07 Å². The summed E-state index contributed by atoms with van der Waals surface area (Å²) < 4.78 is 5.02. The van der Waals surface area contributed by atoms with Crippen LogP contribution in [0.25, 0.3) is 11.0 Å². The zero-order chi connectivity index (χ0) is 13.4. The SMILES string of the molecule is Cc1c([N+](=O)[O-])ccc2c(=O)cc(C(=O)O)oc12. The molecule has 2 aromatic rings. The third kappa shape index (κ3) is 1.71. The van der Waals surface area contributed by atoms with Crippen LogP contribution in [0.5, 0.6) is 0 Å². The summed E-state index contributed by atoms with van der Waals surface area (Å²) in [4.78, 5) is 32.5. The number of hydrogen-bond donors (Lipinski definition) is 1. The molecule has 0 radical (unpaired) electrons. The van der Waals surface area contributed by atoms with Crippen molar-refractivity contribution in [2.75, 3.05) is 0 Å². The highest BCUT2D eigenvalue weighted by Gasteiger charge is 2.18. The number of aromatic carboxylic acids is 1. The Morgan fingerprint density at radius 1 is 1.44 bits per heavy atom. The molecule has 1 aromatic heterocycles. The smallest absolute Gasteiger partial charge is 0.371 e. The Balaban J connectivity index is 2.91. The average molecular weight is 249 g/mol. The van der Waals surface area contributed by atoms with Gasteiger partial charge in [-0.2, -0.15) is 0 Å². The van der Waals surface area contributed by atoms with E-state index in [9.17, 15) is 19.7 Å². The summed E-state index contributed by atoms with van der Waals surface area (Å²) in [5.74, 6) is -1.95. The molecule has 1 heterocycles. The van der Waals surface area contributed by atoms with Gasteiger partial charge in [0.15, 0.2) is 5.43 Å². The van der Waals surface area contributed by atoms with Crippen molar-refractivity contribution in [2.24, 2.45) is 0 Å². The summed E-state index contributed by atoms with van der Waals surface area (Å²) in [6.07, 6.45) is 0. The maximum Gasteiger partial charge on any atom is 0.371 e. The molecule has 7 nitrogen and oxygen atoms in total. The minimum Gasteiger partial charge on any atom is -0.475 e. The zero-order valence-electron chi connectivity index (χ0n) is 9.17. The molecule has 1 aromatic carbocycles. The molecule has 0 saturated heterocycles. The highest BCUT2D eigenvalue weighted by molar-refractivity contribution is 5.89. The van der Waals surface area contributed by atoms with Crippen LogP contribution in [-0.4, -0.2) is 16.0 Å². The molecule has 92 valence electrons. The first kappa shape index (κ1) is 11.8. The number of nitro groups is 1. The fraction of sp³-hybridized carbons (Fsp3) is 0.0909. The van der Waals surface area contributed by atoms with Crippen molar-refractivity contribution in [2.45, 2.75) is 6.92 Å². The lowest BCUT2D eigenvalue weighted by Crippen LogP contribution is -2.07. The molecule has 0 amide bonds. The van der Waals surface area contributed by atoms with Gasteiger partial charge in [-0.25, -0.2) is 4.79 Å². The number of fused-ring (bicyclic) bond motifs is 1. The molecule has 7 heteroatoms. The van der Waals surface area contributed by atoms with E-state index in [1.54, 1.807) is 0 Å². The van der Waals surface area contributed by atoms with Crippen LogP contribution in [0.15, 0.2) is 27.4 Å². The van der Waals surface area contributed by atoms with E-state index >= 15 is 0 Å². The quantitative estimate of drug-likeness (QED) is 0.640. The van der Waals surface area contributed by atoms with Crippen LogP contribution in [0.2, 0.25) is 0 Å². The fourth-order valence-corrected chi connectivity index (χ4v) is 1.65. The number of aryl methyl sites for hydroxylation is 1. The maximum atomic E-state index is 11.6. The number of carbonyl (C=O) groups is 1. The van der Waals surface area contributed by atoms with Crippen LogP contribution in [0.1, 0.15) is 16.1 Å². The molecule has 2 rings (SSSR count). The lowest BCUT2D eigenvalue weighted by atomic mass is 10.1. The van der Waals surface area contributed by atoms with Crippen molar-refractivity contribution < 1.29 is 19.2 Å².